The van der Waals surface area contributed by atoms with Crippen molar-refractivity contribution in [1.29, 1.82) is 0 Å². The van der Waals surface area contributed by atoms with Gasteiger partial charge in [-0.05, 0) is 36.4 Å². The van der Waals surface area contributed by atoms with Crippen LogP contribution in [0.5, 0.6) is 0 Å². The molecular formula is C15H20F2N2O. The highest BCUT2D eigenvalue weighted by Gasteiger charge is 2.30. The van der Waals surface area contributed by atoms with Gasteiger partial charge in [0.1, 0.15) is 11.6 Å². The molecule has 3 nitrogen and oxygen atoms in total. The van der Waals surface area contributed by atoms with Gasteiger partial charge in [-0.25, -0.2) is 8.78 Å². The van der Waals surface area contributed by atoms with Crippen molar-refractivity contribution in [3.05, 3.63) is 35.4 Å². The number of hydrogen-bond donors (Lipinski definition) is 1. The third-order valence-corrected chi connectivity index (χ3v) is 4.17. The van der Waals surface area contributed by atoms with Gasteiger partial charge >= 0.3 is 0 Å². The molecule has 110 valence electrons. The molecule has 1 aromatic carbocycles. The maximum absolute atomic E-state index is 13.5. The Kier molecular flexibility index (Phi) is 4.38. The average molecular weight is 282 g/mol. The van der Waals surface area contributed by atoms with Crippen molar-refractivity contribution in [2.45, 2.75) is 26.2 Å². The number of nitrogens with two attached hydrogens (primary N) is 1. The second kappa shape index (κ2) is 5.87. The van der Waals surface area contributed by atoms with Crippen LogP contribution >= 0.6 is 0 Å². The zero-order chi connectivity index (χ0) is 14.8. The lowest BCUT2D eigenvalue weighted by Gasteiger charge is -2.38. The standard InChI is InChI=1S/C15H20F2N2O/c1-15(10-18)4-6-19(7-5-15)14(20)8-11-2-3-12(16)9-13(11)17/h2-3,9H,4-8,10,18H2,1H3. The Morgan fingerprint density at radius 2 is 2.00 bits per heavy atom. The Hall–Kier alpha value is -1.49. The molecule has 1 aliphatic rings. The van der Waals surface area contributed by atoms with E-state index in [-0.39, 0.29) is 23.3 Å². The third kappa shape index (κ3) is 3.33. The van der Waals surface area contributed by atoms with Gasteiger partial charge in [-0.1, -0.05) is 13.0 Å². The van der Waals surface area contributed by atoms with Gasteiger partial charge in [-0.2, -0.15) is 0 Å². The summed E-state index contributed by atoms with van der Waals surface area (Å²) in [5.41, 5.74) is 6.06. The lowest BCUT2D eigenvalue weighted by molar-refractivity contribution is -0.132. The van der Waals surface area contributed by atoms with Crippen molar-refractivity contribution in [3.8, 4) is 0 Å². The smallest absolute Gasteiger partial charge is 0.227 e. The zero-order valence-electron chi connectivity index (χ0n) is 11.7. The molecule has 5 heteroatoms. The van der Waals surface area contributed by atoms with Gasteiger partial charge in [-0.15, -0.1) is 0 Å². The maximum atomic E-state index is 13.5. The van der Waals surface area contributed by atoms with Crippen LogP contribution in [0, 0.1) is 17.0 Å². The number of nitrogens with zero attached hydrogens (tertiary/aromatic N) is 1. The van der Waals surface area contributed by atoms with Crippen molar-refractivity contribution in [3.63, 3.8) is 0 Å². The number of piperidine rings is 1. The quantitative estimate of drug-likeness (QED) is 0.922. The van der Waals surface area contributed by atoms with Gasteiger partial charge in [-0.3, -0.25) is 4.79 Å². The molecular weight excluding hydrogens is 262 g/mol. The number of carbonyl (C=O) groups excluding carboxylic acids is 1. The van der Waals surface area contributed by atoms with E-state index in [2.05, 4.69) is 6.92 Å². The van der Waals surface area contributed by atoms with E-state index in [1.165, 1.54) is 12.1 Å². The molecule has 0 aliphatic carbocycles. The van der Waals surface area contributed by atoms with Crippen LogP contribution in [0.2, 0.25) is 0 Å². The summed E-state index contributed by atoms with van der Waals surface area (Å²) in [4.78, 5) is 13.9. The second-order valence-corrected chi connectivity index (χ2v) is 5.81. The minimum absolute atomic E-state index is 0.0224. The molecule has 1 aliphatic heterocycles. The summed E-state index contributed by atoms with van der Waals surface area (Å²) in [6.07, 6.45) is 1.70. The zero-order valence-corrected chi connectivity index (χ0v) is 11.7. The number of halogens is 2. The van der Waals surface area contributed by atoms with Crippen LogP contribution in [0.15, 0.2) is 18.2 Å². The molecule has 0 saturated carbocycles. The average Bonchev–Trinajstić information content (AvgIpc) is 2.42. The fourth-order valence-corrected chi connectivity index (χ4v) is 2.44. The van der Waals surface area contributed by atoms with Crippen LogP contribution in [0.1, 0.15) is 25.3 Å². The summed E-state index contributed by atoms with van der Waals surface area (Å²) in [6.45, 7) is 4.03. The molecule has 2 rings (SSSR count). The molecule has 1 heterocycles. The molecule has 20 heavy (non-hydrogen) atoms. The Morgan fingerprint density at radius 3 is 2.55 bits per heavy atom. The third-order valence-electron chi connectivity index (χ3n) is 4.17. The topological polar surface area (TPSA) is 46.3 Å². The summed E-state index contributed by atoms with van der Waals surface area (Å²) >= 11 is 0. The molecule has 0 aromatic heterocycles. The van der Waals surface area contributed by atoms with Gasteiger partial charge in [0.15, 0.2) is 0 Å². The highest BCUT2D eigenvalue weighted by Crippen LogP contribution is 2.29. The minimum Gasteiger partial charge on any atom is -0.342 e. The van der Waals surface area contributed by atoms with Gasteiger partial charge in [0.25, 0.3) is 0 Å². The molecule has 2 N–H and O–H groups in total. The molecule has 1 amide bonds. The first-order valence-corrected chi connectivity index (χ1v) is 6.85. The van der Waals surface area contributed by atoms with Crippen molar-refractivity contribution >= 4 is 5.91 Å². The van der Waals surface area contributed by atoms with E-state index in [1.54, 1.807) is 4.90 Å². The highest BCUT2D eigenvalue weighted by molar-refractivity contribution is 5.78. The highest BCUT2D eigenvalue weighted by atomic mass is 19.1. The fourth-order valence-electron chi connectivity index (χ4n) is 2.44. The summed E-state index contributed by atoms with van der Waals surface area (Å²) in [7, 11) is 0. The SMILES string of the molecule is CC1(CN)CCN(C(=O)Cc2ccc(F)cc2F)CC1. The predicted octanol–water partition coefficient (Wildman–Crippen LogP) is 2.09. The molecule has 0 atom stereocenters. The van der Waals surface area contributed by atoms with E-state index >= 15 is 0 Å². The molecule has 1 aromatic rings. The molecule has 1 fully saturated rings. The van der Waals surface area contributed by atoms with Crippen LogP contribution in [-0.2, 0) is 11.2 Å². The first-order chi connectivity index (χ1) is 9.43. The second-order valence-electron chi connectivity index (χ2n) is 5.81. The Balaban J connectivity index is 1.96. The van der Waals surface area contributed by atoms with Gasteiger partial charge in [0, 0.05) is 19.2 Å². The molecule has 0 spiro atoms. The van der Waals surface area contributed by atoms with Gasteiger partial charge < -0.3 is 10.6 Å². The number of carbonyl (C=O) groups is 1. The molecule has 1 saturated heterocycles. The summed E-state index contributed by atoms with van der Waals surface area (Å²) in [5.74, 6) is -1.41. The molecule has 0 unspecified atom stereocenters. The van der Waals surface area contributed by atoms with Crippen LogP contribution in [-0.4, -0.2) is 30.4 Å². The summed E-state index contributed by atoms with van der Waals surface area (Å²) in [6, 6.07) is 3.31. The van der Waals surface area contributed by atoms with Crippen LogP contribution < -0.4 is 5.73 Å². The number of likely N-dealkylation sites (tertiary alicyclic amines) is 1. The normalized spacial score (nSPS) is 18.1. The molecule has 0 radical (unpaired) electrons. The predicted molar refractivity (Wildman–Crippen MR) is 73.0 cm³/mol. The van der Waals surface area contributed by atoms with E-state index in [9.17, 15) is 13.6 Å². The van der Waals surface area contributed by atoms with E-state index in [1.807, 2.05) is 0 Å². The molecule has 0 bridgehead atoms. The first-order valence-electron chi connectivity index (χ1n) is 6.85. The summed E-state index contributed by atoms with van der Waals surface area (Å²) < 4.78 is 26.3. The fraction of sp³-hybridized carbons (Fsp3) is 0.533. The van der Waals surface area contributed by atoms with Crippen molar-refractivity contribution in [1.82, 2.24) is 4.90 Å². The number of hydrogen-bond acceptors (Lipinski definition) is 2. The van der Waals surface area contributed by atoms with E-state index < -0.39 is 11.6 Å². The van der Waals surface area contributed by atoms with Crippen molar-refractivity contribution in [2.24, 2.45) is 11.1 Å². The van der Waals surface area contributed by atoms with Crippen molar-refractivity contribution in [2.75, 3.05) is 19.6 Å². The number of benzene rings is 1. The Labute approximate surface area is 117 Å². The van der Waals surface area contributed by atoms with Crippen LogP contribution in [0.3, 0.4) is 0 Å². The summed E-state index contributed by atoms with van der Waals surface area (Å²) in [5, 5.41) is 0. The van der Waals surface area contributed by atoms with Crippen molar-refractivity contribution < 1.29 is 13.6 Å². The lowest BCUT2D eigenvalue weighted by atomic mass is 9.80. The lowest BCUT2D eigenvalue weighted by Crippen LogP contribution is -2.45. The Morgan fingerprint density at radius 1 is 1.35 bits per heavy atom. The van der Waals surface area contributed by atoms with Crippen LogP contribution in [0.25, 0.3) is 0 Å². The van der Waals surface area contributed by atoms with E-state index in [0.717, 1.165) is 18.9 Å². The largest absolute Gasteiger partial charge is 0.342 e. The minimum atomic E-state index is -0.665. The number of rotatable bonds is 3. The monoisotopic (exact) mass is 282 g/mol. The van der Waals surface area contributed by atoms with Gasteiger partial charge in [0.2, 0.25) is 5.91 Å². The number of amides is 1. The van der Waals surface area contributed by atoms with E-state index in [4.69, 9.17) is 5.73 Å². The van der Waals surface area contributed by atoms with Crippen LogP contribution in [0.4, 0.5) is 8.78 Å². The Bertz CT molecular complexity index is 497. The maximum Gasteiger partial charge on any atom is 0.227 e. The van der Waals surface area contributed by atoms with E-state index in [0.29, 0.717) is 19.6 Å². The van der Waals surface area contributed by atoms with Gasteiger partial charge in [0.05, 0.1) is 6.42 Å². The first kappa shape index (κ1) is 14.9.